The Labute approximate surface area is 116 Å². The van der Waals surface area contributed by atoms with Crippen LogP contribution in [-0.4, -0.2) is 29.9 Å². The van der Waals surface area contributed by atoms with Gasteiger partial charge in [0.15, 0.2) is 0 Å². The SMILES string of the molecule is CC(C)CN(C(=O)c1ccc2c(c1)CCN2)C(C)C. The van der Waals surface area contributed by atoms with E-state index in [1.165, 1.54) is 11.3 Å². The zero-order valence-electron chi connectivity index (χ0n) is 12.4. The molecule has 0 bridgehead atoms. The van der Waals surface area contributed by atoms with E-state index in [1.807, 2.05) is 23.1 Å². The van der Waals surface area contributed by atoms with Crippen molar-refractivity contribution >= 4 is 11.6 Å². The summed E-state index contributed by atoms with van der Waals surface area (Å²) < 4.78 is 0. The standard InChI is InChI=1S/C16H24N2O/c1-11(2)10-18(12(3)4)16(19)14-5-6-15-13(9-14)7-8-17-15/h5-6,9,11-12,17H,7-8,10H2,1-4H3. The molecule has 3 nitrogen and oxygen atoms in total. The molecular formula is C16H24N2O. The minimum absolute atomic E-state index is 0.151. The molecular weight excluding hydrogens is 236 g/mol. The maximum Gasteiger partial charge on any atom is 0.254 e. The molecule has 0 spiro atoms. The predicted molar refractivity (Wildman–Crippen MR) is 79.6 cm³/mol. The van der Waals surface area contributed by atoms with Crippen LogP contribution in [0.2, 0.25) is 0 Å². The fraction of sp³-hybridized carbons (Fsp3) is 0.562. The van der Waals surface area contributed by atoms with E-state index in [0.717, 1.165) is 25.1 Å². The third-order valence-corrected chi connectivity index (χ3v) is 3.51. The molecule has 0 saturated heterocycles. The van der Waals surface area contributed by atoms with E-state index in [9.17, 15) is 4.79 Å². The fourth-order valence-corrected chi connectivity index (χ4v) is 2.53. The summed E-state index contributed by atoms with van der Waals surface area (Å²) in [7, 11) is 0. The molecule has 2 rings (SSSR count). The predicted octanol–water partition coefficient (Wildman–Crippen LogP) is 3.16. The summed E-state index contributed by atoms with van der Waals surface area (Å²) in [5, 5.41) is 3.33. The minimum Gasteiger partial charge on any atom is -0.384 e. The lowest BCUT2D eigenvalue weighted by Gasteiger charge is -2.28. The topological polar surface area (TPSA) is 32.3 Å². The molecule has 104 valence electrons. The van der Waals surface area contributed by atoms with E-state index < -0.39 is 0 Å². The number of benzene rings is 1. The van der Waals surface area contributed by atoms with Crippen LogP contribution in [0.3, 0.4) is 0 Å². The largest absolute Gasteiger partial charge is 0.384 e. The van der Waals surface area contributed by atoms with Gasteiger partial charge in [-0.25, -0.2) is 0 Å². The average Bonchev–Trinajstić information content (AvgIpc) is 2.81. The average molecular weight is 260 g/mol. The van der Waals surface area contributed by atoms with E-state index >= 15 is 0 Å². The van der Waals surface area contributed by atoms with Crippen molar-refractivity contribution in [2.24, 2.45) is 5.92 Å². The lowest BCUT2D eigenvalue weighted by molar-refractivity contribution is 0.0682. The van der Waals surface area contributed by atoms with Gasteiger partial charge in [0.05, 0.1) is 0 Å². The van der Waals surface area contributed by atoms with Crippen LogP contribution in [0.1, 0.15) is 43.6 Å². The number of nitrogens with zero attached hydrogens (tertiary/aromatic N) is 1. The van der Waals surface area contributed by atoms with Crippen molar-refractivity contribution in [1.82, 2.24) is 4.90 Å². The highest BCUT2D eigenvalue weighted by molar-refractivity contribution is 5.95. The first-order valence-electron chi connectivity index (χ1n) is 7.16. The summed E-state index contributed by atoms with van der Waals surface area (Å²) in [5.41, 5.74) is 3.26. The van der Waals surface area contributed by atoms with Crippen molar-refractivity contribution in [1.29, 1.82) is 0 Å². The van der Waals surface area contributed by atoms with Gasteiger partial charge in [0, 0.05) is 30.4 Å². The number of carbonyl (C=O) groups excluding carboxylic acids is 1. The first-order chi connectivity index (χ1) is 8.99. The van der Waals surface area contributed by atoms with Gasteiger partial charge in [0.1, 0.15) is 0 Å². The number of hydrogen-bond acceptors (Lipinski definition) is 2. The van der Waals surface area contributed by atoms with Crippen LogP contribution in [-0.2, 0) is 6.42 Å². The van der Waals surface area contributed by atoms with Crippen LogP contribution in [0.5, 0.6) is 0 Å². The highest BCUT2D eigenvalue weighted by atomic mass is 16.2. The van der Waals surface area contributed by atoms with Crippen molar-refractivity contribution in [2.45, 2.75) is 40.2 Å². The number of fused-ring (bicyclic) bond motifs is 1. The minimum atomic E-state index is 0.151. The van der Waals surface area contributed by atoms with Crippen molar-refractivity contribution in [2.75, 3.05) is 18.4 Å². The summed E-state index contributed by atoms with van der Waals surface area (Å²) in [6.07, 6.45) is 1.02. The molecule has 0 saturated carbocycles. The van der Waals surface area contributed by atoms with E-state index in [0.29, 0.717) is 5.92 Å². The third-order valence-electron chi connectivity index (χ3n) is 3.51. The molecule has 19 heavy (non-hydrogen) atoms. The molecule has 1 aromatic rings. The van der Waals surface area contributed by atoms with Gasteiger partial charge in [-0.15, -0.1) is 0 Å². The number of carbonyl (C=O) groups is 1. The van der Waals surface area contributed by atoms with Crippen LogP contribution >= 0.6 is 0 Å². The number of anilines is 1. The first-order valence-corrected chi connectivity index (χ1v) is 7.16. The second-order valence-corrected chi connectivity index (χ2v) is 5.99. The van der Waals surface area contributed by atoms with Crippen molar-refractivity contribution in [3.8, 4) is 0 Å². The number of amides is 1. The maximum atomic E-state index is 12.6. The van der Waals surface area contributed by atoms with Gasteiger partial charge in [0.25, 0.3) is 5.91 Å². The van der Waals surface area contributed by atoms with Gasteiger partial charge in [0.2, 0.25) is 0 Å². The summed E-state index contributed by atoms with van der Waals surface area (Å²) in [6, 6.07) is 6.26. The Kier molecular flexibility index (Phi) is 4.13. The van der Waals surface area contributed by atoms with Gasteiger partial charge in [-0.1, -0.05) is 13.8 Å². The molecule has 0 aliphatic carbocycles. The molecule has 1 amide bonds. The van der Waals surface area contributed by atoms with Crippen LogP contribution in [0.25, 0.3) is 0 Å². The van der Waals surface area contributed by atoms with Gasteiger partial charge in [-0.3, -0.25) is 4.79 Å². The molecule has 0 unspecified atom stereocenters. The summed E-state index contributed by atoms with van der Waals surface area (Å²) >= 11 is 0. The normalized spacial score (nSPS) is 13.6. The van der Waals surface area contributed by atoms with E-state index in [2.05, 4.69) is 33.0 Å². The molecule has 0 radical (unpaired) electrons. The molecule has 1 N–H and O–H groups in total. The molecule has 0 aromatic heterocycles. The molecule has 0 atom stereocenters. The number of nitrogens with one attached hydrogen (secondary N) is 1. The highest BCUT2D eigenvalue weighted by Gasteiger charge is 2.21. The Bertz CT molecular complexity index is 466. The van der Waals surface area contributed by atoms with Crippen LogP contribution < -0.4 is 5.32 Å². The van der Waals surface area contributed by atoms with Gasteiger partial charge in [-0.05, 0) is 49.9 Å². The smallest absolute Gasteiger partial charge is 0.254 e. The van der Waals surface area contributed by atoms with E-state index in [1.54, 1.807) is 0 Å². The molecule has 1 aromatic carbocycles. The Balaban J connectivity index is 2.21. The molecule has 3 heteroatoms. The fourth-order valence-electron chi connectivity index (χ4n) is 2.53. The Morgan fingerprint density at radius 2 is 2.05 bits per heavy atom. The van der Waals surface area contributed by atoms with Gasteiger partial charge in [-0.2, -0.15) is 0 Å². The van der Waals surface area contributed by atoms with E-state index in [4.69, 9.17) is 0 Å². The van der Waals surface area contributed by atoms with Crippen molar-refractivity contribution < 1.29 is 4.79 Å². The van der Waals surface area contributed by atoms with Crippen molar-refractivity contribution in [3.05, 3.63) is 29.3 Å². The van der Waals surface area contributed by atoms with Crippen molar-refractivity contribution in [3.63, 3.8) is 0 Å². The maximum absolute atomic E-state index is 12.6. The zero-order chi connectivity index (χ0) is 14.0. The summed E-state index contributed by atoms with van der Waals surface area (Å²) in [5.74, 6) is 0.640. The van der Waals surface area contributed by atoms with Gasteiger partial charge < -0.3 is 10.2 Å². The molecule has 1 heterocycles. The van der Waals surface area contributed by atoms with Crippen LogP contribution in [0.4, 0.5) is 5.69 Å². The van der Waals surface area contributed by atoms with Crippen LogP contribution in [0, 0.1) is 5.92 Å². The lowest BCUT2D eigenvalue weighted by Crippen LogP contribution is -2.39. The summed E-state index contributed by atoms with van der Waals surface area (Å²) in [6.45, 7) is 10.2. The summed E-state index contributed by atoms with van der Waals surface area (Å²) in [4.78, 5) is 14.6. The molecule has 1 aliphatic heterocycles. The highest BCUT2D eigenvalue weighted by Crippen LogP contribution is 2.24. The first kappa shape index (κ1) is 13.9. The van der Waals surface area contributed by atoms with Gasteiger partial charge >= 0.3 is 0 Å². The third kappa shape index (κ3) is 3.09. The second-order valence-electron chi connectivity index (χ2n) is 5.99. The van der Waals surface area contributed by atoms with Crippen LogP contribution in [0.15, 0.2) is 18.2 Å². The quantitative estimate of drug-likeness (QED) is 0.902. The lowest BCUT2D eigenvalue weighted by atomic mass is 10.1. The Morgan fingerprint density at radius 3 is 2.68 bits per heavy atom. The number of rotatable bonds is 4. The monoisotopic (exact) mass is 260 g/mol. The zero-order valence-corrected chi connectivity index (χ0v) is 12.4. The molecule has 1 aliphatic rings. The second kappa shape index (κ2) is 5.64. The molecule has 0 fully saturated rings. The van der Waals surface area contributed by atoms with E-state index in [-0.39, 0.29) is 11.9 Å². The Hall–Kier alpha value is -1.51. The number of hydrogen-bond donors (Lipinski definition) is 1. The Morgan fingerprint density at radius 1 is 1.32 bits per heavy atom.